The molecule has 0 saturated heterocycles. The van der Waals surface area contributed by atoms with Gasteiger partial charge in [-0.05, 0) is 26.2 Å². The molecule has 6 heteroatoms. The quantitative estimate of drug-likeness (QED) is 0.202. The Kier molecular flexibility index (Phi) is 17.2. The number of aliphatic carboxylic acids is 1. The van der Waals surface area contributed by atoms with Crippen molar-refractivity contribution in [3.63, 3.8) is 0 Å². The van der Waals surface area contributed by atoms with E-state index in [9.17, 15) is 15.0 Å². The summed E-state index contributed by atoms with van der Waals surface area (Å²) in [5.41, 5.74) is 0. The first-order valence-electron chi connectivity index (χ1n) is 6.07. The van der Waals surface area contributed by atoms with Crippen molar-refractivity contribution in [2.24, 2.45) is 0 Å². The number of carbonyl (C=O) groups excluding carboxylic acids is 1. The van der Waals surface area contributed by atoms with Crippen LogP contribution in [0.4, 0.5) is 0 Å². The minimum absolute atomic E-state index is 0. The summed E-state index contributed by atoms with van der Waals surface area (Å²) in [7, 11) is 0. The summed E-state index contributed by atoms with van der Waals surface area (Å²) in [6.07, 6.45) is 5.37. The molecule has 0 aromatic carbocycles. The molecule has 0 aromatic heterocycles. The SMILES string of the molecule is C/C=C/CCC(O)CNCCNCCC(=O)[O-].[Na+]. The minimum Gasteiger partial charge on any atom is -0.550 e. The smallest absolute Gasteiger partial charge is 0.550 e. The molecule has 0 aliphatic heterocycles. The molecule has 0 bridgehead atoms. The second-order valence-corrected chi connectivity index (χ2v) is 3.88. The van der Waals surface area contributed by atoms with Crippen molar-refractivity contribution in [3.8, 4) is 0 Å². The summed E-state index contributed by atoms with van der Waals surface area (Å²) in [5, 5.41) is 25.7. The molecule has 0 saturated carbocycles. The van der Waals surface area contributed by atoms with Gasteiger partial charge in [-0.15, -0.1) is 0 Å². The number of allylic oxidation sites excluding steroid dienone is 2. The molecule has 0 spiro atoms. The monoisotopic (exact) mass is 266 g/mol. The fourth-order valence-electron chi connectivity index (χ4n) is 1.32. The number of carboxylic acid groups (broad SMARTS) is 1. The molecule has 0 rings (SSSR count). The van der Waals surface area contributed by atoms with Gasteiger partial charge in [-0.2, -0.15) is 0 Å². The van der Waals surface area contributed by atoms with Gasteiger partial charge in [0, 0.05) is 32.1 Å². The predicted molar refractivity (Wildman–Crippen MR) is 65.4 cm³/mol. The molecule has 0 radical (unpaired) electrons. The Labute approximate surface area is 131 Å². The van der Waals surface area contributed by atoms with Gasteiger partial charge < -0.3 is 25.6 Å². The average molecular weight is 266 g/mol. The van der Waals surface area contributed by atoms with Crippen LogP contribution >= 0.6 is 0 Å². The number of hydrogen-bond acceptors (Lipinski definition) is 5. The van der Waals surface area contributed by atoms with E-state index < -0.39 is 5.97 Å². The minimum atomic E-state index is -1.04. The van der Waals surface area contributed by atoms with E-state index in [1.807, 2.05) is 19.1 Å². The predicted octanol–water partition coefficient (Wildman–Crippen LogP) is -3.97. The van der Waals surface area contributed by atoms with Gasteiger partial charge in [0.15, 0.2) is 0 Å². The van der Waals surface area contributed by atoms with Crippen molar-refractivity contribution in [3.05, 3.63) is 12.2 Å². The molecular formula is C12H23N2NaO3. The Balaban J connectivity index is 0. The zero-order valence-electron chi connectivity index (χ0n) is 11.4. The van der Waals surface area contributed by atoms with Gasteiger partial charge in [0.25, 0.3) is 0 Å². The molecule has 0 fully saturated rings. The molecule has 5 nitrogen and oxygen atoms in total. The van der Waals surface area contributed by atoms with Crippen LogP contribution in [-0.4, -0.2) is 43.4 Å². The van der Waals surface area contributed by atoms with Gasteiger partial charge >= 0.3 is 29.6 Å². The maximum Gasteiger partial charge on any atom is 1.00 e. The second-order valence-electron chi connectivity index (χ2n) is 3.88. The molecule has 0 aromatic rings. The summed E-state index contributed by atoms with van der Waals surface area (Å²) >= 11 is 0. The van der Waals surface area contributed by atoms with Crippen LogP contribution in [0.1, 0.15) is 26.2 Å². The van der Waals surface area contributed by atoms with Crippen molar-refractivity contribution < 1.29 is 44.6 Å². The largest absolute Gasteiger partial charge is 1.00 e. The maximum atomic E-state index is 10.1. The third-order valence-electron chi connectivity index (χ3n) is 2.27. The van der Waals surface area contributed by atoms with Crippen LogP contribution in [-0.2, 0) is 4.79 Å². The van der Waals surface area contributed by atoms with Crippen LogP contribution in [0.5, 0.6) is 0 Å². The van der Waals surface area contributed by atoms with Gasteiger partial charge in [-0.3, -0.25) is 0 Å². The Morgan fingerprint density at radius 1 is 1.33 bits per heavy atom. The van der Waals surface area contributed by atoms with Crippen molar-refractivity contribution >= 4 is 5.97 Å². The van der Waals surface area contributed by atoms with E-state index >= 15 is 0 Å². The normalized spacial score (nSPS) is 12.3. The summed E-state index contributed by atoms with van der Waals surface area (Å²) in [5.74, 6) is -1.04. The van der Waals surface area contributed by atoms with Crippen molar-refractivity contribution in [1.82, 2.24) is 10.6 Å². The molecule has 0 aliphatic carbocycles. The molecule has 0 heterocycles. The number of nitrogens with one attached hydrogen (secondary N) is 2. The van der Waals surface area contributed by atoms with Crippen LogP contribution in [0.3, 0.4) is 0 Å². The zero-order chi connectivity index (χ0) is 12.9. The van der Waals surface area contributed by atoms with Gasteiger partial charge in [0.1, 0.15) is 0 Å². The standard InChI is InChI=1S/C12H24N2O3.Na/c1-2-3-4-5-11(15)10-14-9-8-13-7-6-12(16)17;/h2-3,11,13-15H,4-10H2,1H3,(H,16,17);/q;+1/p-1/b3-2+;. The fraction of sp³-hybridized carbons (Fsp3) is 0.750. The summed E-state index contributed by atoms with van der Waals surface area (Å²) in [4.78, 5) is 10.1. The first-order chi connectivity index (χ1) is 8.16. The summed E-state index contributed by atoms with van der Waals surface area (Å²) < 4.78 is 0. The maximum absolute atomic E-state index is 10.1. The number of carbonyl (C=O) groups is 1. The van der Waals surface area contributed by atoms with Crippen molar-refractivity contribution in [2.75, 3.05) is 26.2 Å². The Hall–Kier alpha value is 0.0900. The molecule has 0 amide bonds. The summed E-state index contributed by atoms with van der Waals surface area (Å²) in [6, 6.07) is 0. The first kappa shape index (κ1) is 20.4. The van der Waals surface area contributed by atoms with E-state index in [4.69, 9.17) is 0 Å². The molecule has 1 atom stereocenters. The van der Waals surface area contributed by atoms with Gasteiger partial charge in [0.05, 0.1) is 6.10 Å². The van der Waals surface area contributed by atoms with Gasteiger partial charge in [-0.1, -0.05) is 12.2 Å². The number of rotatable bonds is 11. The number of hydrogen-bond donors (Lipinski definition) is 3. The van der Waals surface area contributed by atoms with Crippen molar-refractivity contribution in [2.45, 2.75) is 32.3 Å². The molecule has 100 valence electrons. The molecule has 18 heavy (non-hydrogen) atoms. The second kappa shape index (κ2) is 15.1. The van der Waals surface area contributed by atoms with E-state index in [0.717, 1.165) is 12.8 Å². The van der Waals surface area contributed by atoms with Crippen LogP contribution < -0.4 is 45.3 Å². The fourth-order valence-corrected chi connectivity index (χ4v) is 1.32. The first-order valence-corrected chi connectivity index (χ1v) is 6.07. The average Bonchev–Trinajstić information content (AvgIpc) is 2.28. The van der Waals surface area contributed by atoms with Crippen LogP contribution in [0.15, 0.2) is 12.2 Å². The van der Waals surface area contributed by atoms with E-state index in [-0.39, 0.29) is 42.1 Å². The molecular weight excluding hydrogens is 243 g/mol. The van der Waals surface area contributed by atoms with Gasteiger partial charge in [-0.25, -0.2) is 0 Å². The van der Waals surface area contributed by atoms with E-state index in [0.29, 0.717) is 26.2 Å². The number of aliphatic hydroxyl groups excluding tert-OH is 1. The molecule has 1 unspecified atom stereocenters. The summed E-state index contributed by atoms with van der Waals surface area (Å²) in [6.45, 7) is 4.36. The van der Waals surface area contributed by atoms with E-state index in [1.54, 1.807) is 0 Å². The van der Waals surface area contributed by atoms with Crippen molar-refractivity contribution in [1.29, 1.82) is 0 Å². The number of aliphatic hydroxyl groups is 1. The Bertz CT molecular complexity index is 225. The molecule has 3 N–H and O–H groups in total. The third-order valence-corrected chi connectivity index (χ3v) is 2.27. The molecule has 0 aliphatic rings. The van der Waals surface area contributed by atoms with E-state index in [2.05, 4.69) is 10.6 Å². The van der Waals surface area contributed by atoms with Crippen LogP contribution in [0, 0.1) is 0 Å². The van der Waals surface area contributed by atoms with E-state index in [1.165, 1.54) is 0 Å². The Morgan fingerprint density at radius 2 is 2.00 bits per heavy atom. The third kappa shape index (κ3) is 16.1. The van der Waals surface area contributed by atoms with Gasteiger partial charge in [0.2, 0.25) is 0 Å². The topological polar surface area (TPSA) is 84.4 Å². The Morgan fingerprint density at radius 3 is 2.61 bits per heavy atom. The number of carboxylic acids is 1. The zero-order valence-corrected chi connectivity index (χ0v) is 13.4. The van der Waals surface area contributed by atoms with Crippen LogP contribution in [0.2, 0.25) is 0 Å². The van der Waals surface area contributed by atoms with Crippen LogP contribution in [0.25, 0.3) is 0 Å².